The summed E-state index contributed by atoms with van der Waals surface area (Å²) in [5, 5.41) is 7.06. The van der Waals surface area contributed by atoms with E-state index >= 15 is 0 Å². The minimum Gasteiger partial charge on any atom is -0.346 e. The Labute approximate surface area is 172 Å². The molecule has 0 bridgehead atoms. The summed E-state index contributed by atoms with van der Waals surface area (Å²) in [6.45, 7) is 0. The fraction of sp³-hybridized carbons (Fsp3) is 0.389. The lowest BCUT2D eigenvalue weighted by Crippen LogP contribution is -2.49. The normalized spacial score (nSPS) is 20.2. The van der Waals surface area contributed by atoms with Gasteiger partial charge in [0.15, 0.2) is 5.01 Å². The highest BCUT2D eigenvalue weighted by Crippen LogP contribution is 2.36. The summed E-state index contributed by atoms with van der Waals surface area (Å²) in [4.78, 5) is 16.9. The molecule has 11 heteroatoms. The van der Waals surface area contributed by atoms with Crippen LogP contribution >= 0.6 is 22.9 Å². The van der Waals surface area contributed by atoms with E-state index in [1.165, 1.54) is 12.3 Å². The van der Waals surface area contributed by atoms with Crippen LogP contribution in [0, 0.1) is 0 Å². The van der Waals surface area contributed by atoms with Crippen LogP contribution in [0.2, 0.25) is 4.34 Å². The lowest BCUT2D eigenvalue weighted by atomic mass is 9.91. The van der Waals surface area contributed by atoms with Gasteiger partial charge in [0.2, 0.25) is 0 Å². The Morgan fingerprint density at radius 3 is 2.79 bits per heavy atom. The quantitative estimate of drug-likeness (QED) is 0.637. The zero-order chi connectivity index (χ0) is 20.8. The molecule has 1 aliphatic carbocycles. The van der Waals surface area contributed by atoms with Gasteiger partial charge in [0, 0.05) is 23.8 Å². The molecule has 1 saturated carbocycles. The highest BCUT2D eigenvalue weighted by molar-refractivity contribution is 7.18. The van der Waals surface area contributed by atoms with E-state index in [4.69, 9.17) is 17.3 Å². The maximum atomic E-state index is 12.9. The van der Waals surface area contributed by atoms with Gasteiger partial charge in [-0.1, -0.05) is 35.8 Å². The van der Waals surface area contributed by atoms with E-state index in [0.717, 1.165) is 53.8 Å². The van der Waals surface area contributed by atoms with E-state index in [1.807, 2.05) is 0 Å². The molecule has 3 aromatic heterocycles. The predicted molar refractivity (Wildman–Crippen MR) is 104 cm³/mol. The number of halogens is 4. The summed E-state index contributed by atoms with van der Waals surface area (Å²) in [5.74, 6) is -0.360. The summed E-state index contributed by atoms with van der Waals surface area (Å²) in [7, 11) is 0. The van der Waals surface area contributed by atoms with E-state index < -0.39 is 11.7 Å². The van der Waals surface area contributed by atoms with E-state index in [1.54, 1.807) is 0 Å². The first kappa shape index (κ1) is 20.1. The van der Waals surface area contributed by atoms with Crippen molar-refractivity contribution in [2.45, 2.75) is 43.9 Å². The maximum absolute atomic E-state index is 12.9. The summed E-state index contributed by atoms with van der Waals surface area (Å²) in [6, 6.07) is 2.07. The van der Waals surface area contributed by atoms with Crippen LogP contribution in [0.4, 0.5) is 13.2 Å². The van der Waals surface area contributed by atoms with Gasteiger partial charge in [-0.3, -0.25) is 4.79 Å². The van der Waals surface area contributed by atoms with Gasteiger partial charge in [-0.05, 0) is 25.0 Å². The summed E-state index contributed by atoms with van der Waals surface area (Å²) in [6.07, 6.45) is 1.54. The Bertz CT molecular complexity index is 1060. The Hall–Kier alpha value is -2.17. The molecule has 1 unspecified atom stereocenters. The van der Waals surface area contributed by atoms with E-state index in [9.17, 15) is 18.0 Å². The SMILES string of the molecule is NC1CCCC[C@H]1NC(=O)c1nc(-c2cnn3cc(C(F)(F)F)ccc23)c(Cl)s1. The molecule has 3 aromatic rings. The van der Waals surface area contributed by atoms with Gasteiger partial charge in [0.25, 0.3) is 5.91 Å². The van der Waals surface area contributed by atoms with Gasteiger partial charge in [0.05, 0.1) is 17.3 Å². The van der Waals surface area contributed by atoms with Gasteiger partial charge < -0.3 is 11.1 Å². The molecule has 0 aromatic carbocycles. The van der Waals surface area contributed by atoms with Crippen molar-refractivity contribution in [3.8, 4) is 11.3 Å². The lowest BCUT2D eigenvalue weighted by Gasteiger charge is -2.28. The number of fused-ring (bicyclic) bond motifs is 1. The smallest absolute Gasteiger partial charge is 0.346 e. The molecule has 3 heterocycles. The van der Waals surface area contributed by atoms with Crippen LogP contribution in [0.1, 0.15) is 41.0 Å². The van der Waals surface area contributed by atoms with Gasteiger partial charge in [-0.2, -0.15) is 18.3 Å². The third kappa shape index (κ3) is 3.96. The summed E-state index contributed by atoms with van der Waals surface area (Å²) in [5.41, 5.74) is 6.43. The number of hydrogen-bond donors (Lipinski definition) is 2. The van der Waals surface area contributed by atoms with Crippen LogP contribution in [0.3, 0.4) is 0 Å². The third-order valence-electron chi connectivity index (χ3n) is 5.01. The molecule has 154 valence electrons. The number of nitrogens with one attached hydrogen (secondary N) is 1. The first-order valence-electron chi connectivity index (χ1n) is 9.02. The highest BCUT2D eigenvalue weighted by Gasteiger charge is 2.31. The number of aromatic nitrogens is 3. The van der Waals surface area contributed by atoms with Gasteiger partial charge in [-0.15, -0.1) is 0 Å². The lowest BCUT2D eigenvalue weighted by molar-refractivity contribution is -0.137. The first-order chi connectivity index (χ1) is 13.7. The molecule has 3 N–H and O–H groups in total. The molecule has 29 heavy (non-hydrogen) atoms. The van der Waals surface area contributed by atoms with E-state index in [0.29, 0.717) is 16.8 Å². The number of thiazole rings is 1. The number of carbonyl (C=O) groups is 1. The molecule has 1 fully saturated rings. The molecular formula is C18H17ClF3N5OS. The second-order valence-electron chi connectivity index (χ2n) is 6.97. The maximum Gasteiger partial charge on any atom is 0.417 e. The number of hydrogen-bond acceptors (Lipinski definition) is 5. The zero-order valence-electron chi connectivity index (χ0n) is 15.0. The van der Waals surface area contributed by atoms with Crippen LogP contribution < -0.4 is 11.1 Å². The minimum atomic E-state index is -4.47. The topological polar surface area (TPSA) is 85.3 Å². The molecule has 0 radical (unpaired) electrons. The molecule has 0 saturated heterocycles. The molecule has 2 atom stereocenters. The number of pyridine rings is 1. The van der Waals surface area contributed by atoms with Crippen LogP contribution in [-0.2, 0) is 6.18 Å². The van der Waals surface area contributed by atoms with Crippen molar-refractivity contribution >= 4 is 34.4 Å². The summed E-state index contributed by atoms with van der Waals surface area (Å²) >= 11 is 7.30. The van der Waals surface area contributed by atoms with E-state index in [-0.39, 0.29) is 27.3 Å². The largest absolute Gasteiger partial charge is 0.417 e. The Balaban J connectivity index is 1.62. The van der Waals surface area contributed by atoms with Crippen molar-refractivity contribution < 1.29 is 18.0 Å². The van der Waals surface area contributed by atoms with Crippen LogP contribution in [0.5, 0.6) is 0 Å². The average Bonchev–Trinajstić information content (AvgIpc) is 3.25. The van der Waals surface area contributed by atoms with Crippen LogP contribution in [0.15, 0.2) is 24.5 Å². The standard InChI is InChI=1S/C18H17ClF3N5OS/c19-15-14(10-7-24-27-8-9(18(20,21)22)5-6-13(10)27)26-17(29-15)16(28)25-12-4-2-1-3-11(12)23/h5-8,11-12H,1-4,23H2,(H,25,28)/t11?,12-/m1/s1. The Morgan fingerprint density at radius 2 is 2.07 bits per heavy atom. The van der Waals surface area contributed by atoms with Crippen molar-refractivity contribution in [2.75, 3.05) is 0 Å². The van der Waals surface area contributed by atoms with Crippen molar-refractivity contribution in [3.63, 3.8) is 0 Å². The van der Waals surface area contributed by atoms with Crippen LogP contribution in [0.25, 0.3) is 16.8 Å². The monoisotopic (exact) mass is 443 g/mol. The molecule has 4 rings (SSSR count). The first-order valence-corrected chi connectivity index (χ1v) is 10.2. The van der Waals surface area contributed by atoms with Crippen molar-refractivity contribution in [1.82, 2.24) is 19.9 Å². The zero-order valence-corrected chi connectivity index (χ0v) is 16.6. The fourth-order valence-corrected chi connectivity index (χ4v) is 4.54. The van der Waals surface area contributed by atoms with Crippen molar-refractivity contribution in [1.29, 1.82) is 0 Å². The van der Waals surface area contributed by atoms with Gasteiger partial charge in [-0.25, -0.2) is 9.50 Å². The number of amides is 1. The average molecular weight is 444 g/mol. The minimum absolute atomic E-state index is 0.0925. The van der Waals surface area contributed by atoms with Crippen molar-refractivity contribution in [3.05, 3.63) is 39.4 Å². The molecule has 1 amide bonds. The highest BCUT2D eigenvalue weighted by atomic mass is 35.5. The number of alkyl halides is 3. The summed E-state index contributed by atoms with van der Waals surface area (Å²) < 4.78 is 40.1. The molecular weight excluding hydrogens is 427 g/mol. The predicted octanol–water partition coefficient (Wildman–Crippen LogP) is 4.13. The number of rotatable bonds is 3. The number of nitrogens with zero attached hydrogens (tertiary/aromatic N) is 3. The Kier molecular flexibility index (Phi) is 5.26. The number of carbonyl (C=O) groups excluding carboxylic acids is 1. The second kappa shape index (κ2) is 7.58. The molecule has 0 spiro atoms. The third-order valence-corrected chi connectivity index (χ3v) is 6.27. The van der Waals surface area contributed by atoms with E-state index in [2.05, 4.69) is 15.4 Å². The fourth-order valence-electron chi connectivity index (χ4n) is 3.47. The molecule has 6 nitrogen and oxygen atoms in total. The molecule has 0 aliphatic heterocycles. The second-order valence-corrected chi connectivity index (χ2v) is 8.57. The van der Waals surface area contributed by atoms with Gasteiger partial charge >= 0.3 is 6.18 Å². The van der Waals surface area contributed by atoms with Crippen LogP contribution in [-0.4, -0.2) is 32.6 Å². The van der Waals surface area contributed by atoms with Gasteiger partial charge in [0.1, 0.15) is 10.0 Å². The molecule has 1 aliphatic rings. The number of nitrogens with two attached hydrogens (primary N) is 1. The Morgan fingerprint density at radius 1 is 1.31 bits per heavy atom. The van der Waals surface area contributed by atoms with Crippen molar-refractivity contribution in [2.24, 2.45) is 5.73 Å².